The zero-order valence-electron chi connectivity index (χ0n) is 11.8. The molecule has 0 amide bonds. The third kappa shape index (κ3) is 3.12. The lowest BCUT2D eigenvalue weighted by Crippen LogP contribution is -2.32. The van der Waals surface area contributed by atoms with Gasteiger partial charge in [-0.1, -0.05) is 0 Å². The normalized spacial score (nSPS) is 24.0. The smallest absolute Gasteiger partial charge is 0.231 e. The van der Waals surface area contributed by atoms with E-state index in [-0.39, 0.29) is 11.4 Å². The number of halogens is 1. The SMILES string of the molecule is CC1CN(c2nc(Cl)nc(N3CCCC3)n2)CCCO1. The number of ether oxygens (including phenoxy) is 1. The van der Waals surface area contributed by atoms with Crippen LogP contribution in [0.4, 0.5) is 11.9 Å². The predicted molar refractivity (Wildman–Crippen MR) is 78.5 cm³/mol. The van der Waals surface area contributed by atoms with Crippen LogP contribution in [0, 0.1) is 0 Å². The molecule has 0 N–H and O–H groups in total. The highest BCUT2D eigenvalue weighted by Crippen LogP contribution is 2.21. The molecule has 20 heavy (non-hydrogen) atoms. The Morgan fingerprint density at radius 1 is 1.00 bits per heavy atom. The van der Waals surface area contributed by atoms with Crippen molar-refractivity contribution in [1.29, 1.82) is 0 Å². The number of hydrogen-bond acceptors (Lipinski definition) is 6. The van der Waals surface area contributed by atoms with Gasteiger partial charge in [-0.2, -0.15) is 15.0 Å². The van der Waals surface area contributed by atoms with Crippen molar-refractivity contribution < 1.29 is 4.74 Å². The Hall–Kier alpha value is -1.14. The molecule has 1 aromatic rings. The first-order valence-corrected chi connectivity index (χ1v) is 7.63. The second kappa shape index (κ2) is 6.10. The summed E-state index contributed by atoms with van der Waals surface area (Å²) in [6, 6.07) is 0. The van der Waals surface area contributed by atoms with Gasteiger partial charge in [-0.3, -0.25) is 0 Å². The average Bonchev–Trinajstić information content (AvgIpc) is 2.87. The molecule has 2 saturated heterocycles. The second-order valence-electron chi connectivity index (χ2n) is 5.38. The Morgan fingerprint density at radius 3 is 2.40 bits per heavy atom. The van der Waals surface area contributed by atoms with Crippen LogP contribution in [0.5, 0.6) is 0 Å². The zero-order valence-corrected chi connectivity index (χ0v) is 12.5. The van der Waals surface area contributed by atoms with Crippen molar-refractivity contribution in [1.82, 2.24) is 15.0 Å². The summed E-state index contributed by atoms with van der Waals surface area (Å²) >= 11 is 6.08. The summed E-state index contributed by atoms with van der Waals surface area (Å²) < 4.78 is 5.66. The molecule has 1 atom stereocenters. The maximum absolute atomic E-state index is 6.08. The molecule has 110 valence electrons. The van der Waals surface area contributed by atoms with Crippen LogP contribution in [0.2, 0.25) is 5.28 Å². The van der Waals surface area contributed by atoms with Crippen LogP contribution in [-0.4, -0.2) is 53.8 Å². The largest absolute Gasteiger partial charge is 0.377 e. The summed E-state index contributed by atoms with van der Waals surface area (Å²) in [4.78, 5) is 17.5. The molecule has 0 radical (unpaired) electrons. The van der Waals surface area contributed by atoms with E-state index < -0.39 is 0 Å². The van der Waals surface area contributed by atoms with E-state index in [4.69, 9.17) is 16.3 Å². The van der Waals surface area contributed by atoms with Crippen LogP contribution in [0.3, 0.4) is 0 Å². The monoisotopic (exact) mass is 297 g/mol. The minimum absolute atomic E-state index is 0.184. The van der Waals surface area contributed by atoms with Gasteiger partial charge in [0.05, 0.1) is 6.10 Å². The van der Waals surface area contributed by atoms with E-state index >= 15 is 0 Å². The van der Waals surface area contributed by atoms with Crippen LogP contribution >= 0.6 is 11.6 Å². The first-order valence-electron chi connectivity index (χ1n) is 7.25. The maximum atomic E-state index is 6.08. The molecule has 3 heterocycles. The van der Waals surface area contributed by atoms with E-state index in [1.165, 1.54) is 12.8 Å². The number of anilines is 2. The van der Waals surface area contributed by atoms with E-state index in [0.717, 1.165) is 39.2 Å². The lowest BCUT2D eigenvalue weighted by molar-refractivity contribution is 0.0820. The second-order valence-corrected chi connectivity index (χ2v) is 5.72. The van der Waals surface area contributed by atoms with Crippen LogP contribution < -0.4 is 9.80 Å². The summed E-state index contributed by atoms with van der Waals surface area (Å²) in [5, 5.41) is 0.273. The van der Waals surface area contributed by atoms with Gasteiger partial charge in [0, 0.05) is 32.8 Å². The fraction of sp³-hybridized carbons (Fsp3) is 0.769. The zero-order chi connectivity index (χ0) is 13.9. The Labute approximate surface area is 124 Å². The number of rotatable bonds is 2. The van der Waals surface area contributed by atoms with Gasteiger partial charge in [-0.25, -0.2) is 0 Å². The van der Waals surface area contributed by atoms with Gasteiger partial charge >= 0.3 is 0 Å². The van der Waals surface area contributed by atoms with Crippen molar-refractivity contribution in [3.63, 3.8) is 0 Å². The molecule has 2 aliphatic heterocycles. The molecule has 0 aromatic carbocycles. The number of aromatic nitrogens is 3. The summed E-state index contributed by atoms with van der Waals surface area (Å²) in [5.41, 5.74) is 0. The van der Waals surface area contributed by atoms with Crippen molar-refractivity contribution >= 4 is 23.5 Å². The minimum Gasteiger partial charge on any atom is -0.377 e. The molecule has 3 rings (SSSR count). The van der Waals surface area contributed by atoms with Gasteiger partial charge in [-0.05, 0) is 37.8 Å². The summed E-state index contributed by atoms with van der Waals surface area (Å²) in [5.74, 6) is 1.37. The fourth-order valence-corrected chi connectivity index (χ4v) is 2.86. The molecule has 1 unspecified atom stereocenters. The number of nitrogens with zero attached hydrogens (tertiary/aromatic N) is 5. The molecule has 6 nitrogen and oxygen atoms in total. The van der Waals surface area contributed by atoms with Gasteiger partial charge in [0.2, 0.25) is 17.2 Å². The molecule has 1 aromatic heterocycles. The molecular formula is C13H20ClN5O. The Kier molecular flexibility index (Phi) is 4.21. The topological polar surface area (TPSA) is 54.4 Å². The fourth-order valence-electron chi connectivity index (χ4n) is 2.71. The van der Waals surface area contributed by atoms with Crippen molar-refractivity contribution in [2.75, 3.05) is 42.6 Å². The third-order valence-corrected chi connectivity index (χ3v) is 3.88. The average molecular weight is 298 g/mol. The minimum atomic E-state index is 0.184. The summed E-state index contributed by atoms with van der Waals surface area (Å²) in [7, 11) is 0. The van der Waals surface area contributed by atoms with Gasteiger partial charge < -0.3 is 14.5 Å². The third-order valence-electron chi connectivity index (χ3n) is 3.71. The van der Waals surface area contributed by atoms with Crippen molar-refractivity contribution in [3.8, 4) is 0 Å². The van der Waals surface area contributed by atoms with Gasteiger partial charge in [-0.15, -0.1) is 0 Å². The van der Waals surface area contributed by atoms with E-state index in [1.54, 1.807) is 0 Å². The molecular weight excluding hydrogens is 278 g/mol. The molecule has 2 aliphatic rings. The lowest BCUT2D eigenvalue weighted by Gasteiger charge is -2.23. The van der Waals surface area contributed by atoms with Gasteiger partial charge in [0.25, 0.3) is 0 Å². The van der Waals surface area contributed by atoms with Gasteiger partial charge in [0.1, 0.15) is 0 Å². The molecule has 7 heteroatoms. The van der Waals surface area contributed by atoms with Crippen molar-refractivity contribution in [2.45, 2.75) is 32.3 Å². The van der Waals surface area contributed by atoms with E-state index in [2.05, 4.69) is 31.7 Å². The number of hydrogen-bond donors (Lipinski definition) is 0. The van der Waals surface area contributed by atoms with Crippen LogP contribution in [0.1, 0.15) is 26.2 Å². The van der Waals surface area contributed by atoms with Gasteiger partial charge in [0.15, 0.2) is 0 Å². The van der Waals surface area contributed by atoms with Crippen molar-refractivity contribution in [3.05, 3.63) is 5.28 Å². The molecule has 0 bridgehead atoms. The van der Waals surface area contributed by atoms with Crippen LogP contribution in [0.15, 0.2) is 0 Å². The summed E-state index contributed by atoms with van der Waals surface area (Å²) in [6.07, 6.45) is 3.54. The highest BCUT2D eigenvalue weighted by molar-refractivity contribution is 6.28. The molecule has 0 spiro atoms. The Morgan fingerprint density at radius 2 is 1.65 bits per heavy atom. The molecule has 2 fully saturated rings. The Balaban J connectivity index is 1.84. The summed E-state index contributed by atoms with van der Waals surface area (Å²) in [6.45, 7) is 6.54. The van der Waals surface area contributed by atoms with Crippen molar-refractivity contribution in [2.24, 2.45) is 0 Å². The Bertz CT molecular complexity index is 466. The highest BCUT2D eigenvalue weighted by Gasteiger charge is 2.21. The molecule has 0 aliphatic carbocycles. The molecule has 0 saturated carbocycles. The highest BCUT2D eigenvalue weighted by atomic mass is 35.5. The maximum Gasteiger partial charge on any atom is 0.231 e. The van der Waals surface area contributed by atoms with E-state index in [0.29, 0.717) is 11.9 Å². The quantitative estimate of drug-likeness (QED) is 0.829. The van der Waals surface area contributed by atoms with E-state index in [1.807, 2.05) is 0 Å². The lowest BCUT2D eigenvalue weighted by atomic mass is 10.3. The van der Waals surface area contributed by atoms with Crippen LogP contribution in [-0.2, 0) is 4.74 Å². The van der Waals surface area contributed by atoms with E-state index in [9.17, 15) is 0 Å². The first-order chi connectivity index (χ1) is 9.72. The predicted octanol–water partition coefficient (Wildman–Crippen LogP) is 1.74. The standard InChI is InChI=1S/C13H20ClN5O/c1-10-9-19(7-4-8-20-10)13-16-11(14)15-12(17-13)18-5-2-3-6-18/h10H,2-9H2,1H3. The first kappa shape index (κ1) is 13.8. The van der Waals surface area contributed by atoms with Crippen LogP contribution in [0.25, 0.3) is 0 Å².